The number of fused-ring (bicyclic) bond motifs is 1. The van der Waals surface area contributed by atoms with Crippen molar-refractivity contribution >= 4 is 5.91 Å². The van der Waals surface area contributed by atoms with Crippen molar-refractivity contribution < 1.29 is 4.79 Å². The monoisotopic (exact) mass is 310 g/mol. The van der Waals surface area contributed by atoms with Crippen molar-refractivity contribution in [2.75, 3.05) is 26.2 Å². The van der Waals surface area contributed by atoms with E-state index in [1.807, 2.05) is 54.7 Å². The molecule has 2 aliphatic rings. The number of rotatable bonds is 3. The van der Waals surface area contributed by atoms with E-state index in [1.54, 1.807) is 0 Å². The van der Waals surface area contributed by atoms with Gasteiger partial charge in [-0.2, -0.15) is 0 Å². The maximum atomic E-state index is 12.6. The van der Waals surface area contributed by atoms with Gasteiger partial charge in [-0.15, -0.1) is 0 Å². The minimum absolute atomic E-state index is 0.177. The van der Waals surface area contributed by atoms with Crippen LogP contribution in [0.25, 0.3) is 0 Å². The SMILES string of the molecule is Cn1ccnc1CN1C[C@@H]2CN(C(=O)c3ccccc3)C[C@@H]2C1. The van der Waals surface area contributed by atoms with Crippen LogP contribution in [0.5, 0.6) is 0 Å². The molecule has 1 aromatic carbocycles. The maximum absolute atomic E-state index is 12.6. The van der Waals surface area contributed by atoms with Crippen molar-refractivity contribution in [1.82, 2.24) is 19.4 Å². The third-order valence-electron chi connectivity index (χ3n) is 5.16. The third-order valence-corrected chi connectivity index (χ3v) is 5.16. The zero-order valence-corrected chi connectivity index (χ0v) is 13.4. The van der Waals surface area contributed by atoms with Crippen LogP contribution in [0.4, 0.5) is 0 Å². The van der Waals surface area contributed by atoms with Gasteiger partial charge < -0.3 is 9.47 Å². The number of likely N-dealkylation sites (tertiary alicyclic amines) is 2. The Morgan fingerprint density at radius 2 is 1.83 bits per heavy atom. The van der Waals surface area contributed by atoms with Crippen LogP contribution in [-0.2, 0) is 13.6 Å². The molecule has 4 rings (SSSR count). The second kappa shape index (κ2) is 5.81. The fourth-order valence-corrected chi connectivity index (χ4v) is 3.90. The highest BCUT2D eigenvalue weighted by Gasteiger charge is 2.41. The van der Waals surface area contributed by atoms with E-state index in [1.165, 1.54) is 0 Å². The smallest absolute Gasteiger partial charge is 0.253 e. The van der Waals surface area contributed by atoms with Gasteiger partial charge in [0, 0.05) is 51.2 Å². The van der Waals surface area contributed by atoms with E-state index in [-0.39, 0.29) is 5.91 Å². The number of aryl methyl sites for hydroxylation is 1. The Bertz CT molecular complexity index is 682. The largest absolute Gasteiger partial charge is 0.338 e. The molecule has 5 nitrogen and oxygen atoms in total. The van der Waals surface area contributed by atoms with Gasteiger partial charge in [0.2, 0.25) is 0 Å². The summed E-state index contributed by atoms with van der Waals surface area (Å²) < 4.78 is 2.08. The summed E-state index contributed by atoms with van der Waals surface area (Å²) in [6.07, 6.45) is 3.85. The molecule has 2 aromatic rings. The van der Waals surface area contributed by atoms with Crippen molar-refractivity contribution in [3.05, 3.63) is 54.1 Å². The second-order valence-corrected chi connectivity index (χ2v) is 6.74. The molecular weight excluding hydrogens is 288 g/mol. The molecule has 1 amide bonds. The standard InChI is InChI=1S/C18H22N4O/c1-20-8-7-19-17(20)13-21-9-15-11-22(12-16(15)10-21)18(23)14-5-3-2-4-6-14/h2-8,15-16H,9-13H2,1H3/t15-,16+. The van der Waals surface area contributed by atoms with Crippen molar-refractivity contribution in [2.45, 2.75) is 6.54 Å². The molecule has 2 saturated heterocycles. The molecule has 120 valence electrons. The zero-order chi connectivity index (χ0) is 15.8. The Hall–Kier alpha value is -2.14. The molecule has 0 saturated carbocycles. The van der Waals surface area contributed by atoms with E-state index < -0.39 is 0 Å². The zero-order valence-electron chi connectivity index (χ0n) is 13.4. The van der Waals surface area contributed by atoms with Crippen LogP contribution in [0.1, 0.15) is 16.2 Å². The van der Waals surface area contributed by atoms with Gasteiger partial charge in [0.05, 0.1) is 6.54 Å². The van der Waals surface area contributed by atoms with E-state index in [0.717, 1.165) is 44.1 Å². The van der Waals surface area contributed by atoms with Crippen LogP contribution in [0.3, 0.4) is 0 Å². The summed E-state index contributed by atoms with van der Waals surface area (Å²) in [4.78, 5) is 21.5. The Kier molecular flexibility index (Phi) is 3.65. The molecule has 0 unspecified atom stereocenters. The molecule has 1 aromatic heterocycles. The Balaban J connectivity index is 1.37. The fourth-order valence-electron chi connectivity index (χ4n) is 3.90. The Morgan fingerprint density at radius 3 is 2.43 bits per heavy atom. The number of carbonyl (C=O) groups excluding carboxylic acids is 1. The number of benzene rings is 1. The summed E-state index contributed by atoms with van der Waals surface area (Å²) in [6.45, 7) is 4.81. The number of hydrogen-bond acceptors (Lipinski definition) is 3. The Morgan fingerprint density at radius 1 is 1.13 bits per heavy atom. The Labute approximate surface area is 136 Å². The first kappa shape index (κ1) is 14.5. The molecule has 0 spiro atoms. The fraction of sp³-hybridized carbons (Fsp3) is 0.444. The van der Waals surface area contributed by atoms with Crippen molar-refractivity contribution in [3.8, 4) is 0 Å². The van der Waals surface area contributed by atoms with Crippen LogP contribution in [0, 0.1) is 11.8 Å². The maximum Gasteiger partial charge on any atom is 0.253 e. The van der Waals surface area contributed by atoms with Crippen molar-refractivity contribution in [2.24, 2.45) is 18.9 Å². The number of nitrogens with zero attached hydrogens (tertiary/aromatic N) is 4. The predicted molar refractivity (Wildman–Crippen MR) is 87.8 cm³/mol. The molecule has 0 radical (unpaired) electrons. The molecule has 5 heteroatoms. The number of hydrogen-bond donors (Lipinski definition) is 0. The van der Waals surface area contributed by atoms with Gasteiger partial charge in [-0.1, -0.05) is 18.2 Å². The van der Waals surface area contributed by atoms with E-state index in [2.05, 4.69) is 14.5 Å². The summed E-state index contributed by atoms with van der Waals surface area (Å²) in [5.74, 6) is 2.49. The molecule has 3 heterocycles. The number of aromatic nitrogens is 2. The molecule has 0 bridgehead atoms. The van der Waals surface area contributed by atoms with Gasteiger partial charge in [-0.3, -0.25) is 9.69 Å². The number of imidazole rings is 1. The van der Waals surface area contributed by atoms with Gasteiger partial charge in [-0.25, -0.2) is 4.98 Å². The lowest BCUT2D eigenvalue weighted by Gasteiger charge is -2.21. The van der Waals surface area contributed by atoms with Gasteiger partial charge in [0.15, 0.2) is 0 Å². The van der Waals surface area contributed by atoms with Crippen molar-refractivity contribution in [1.29, 1.82) is 0 Å². The van der Waals surface area contributed by atoms with Crippen LogP contribution < -0.4 is 0 Å². The third kappa shape index (κ3) is 2.77. The van der Waals surface area contributed by atoms with E-state index in [0.29, 0.717) is 11.8 Å². The summed E-state index contributed by atoms with van der Waals surface area (Å²) in [6, 6.07) is 9.62. The lowest BCUT2D eigenvalue weighted by Crippen LogP contribution is -2.33. The molecule has 2 fully saturated rings. The first-order chi connectivity index (χ1) is 11.2. The van der Waals surface area contributed by atoms with Gasteiger partial charge in [0.25, 0.3) is 5.91 Å². The first-order valence-corrected chi connectivity index (χ1v) is 8.23. The highest BCUT2D eigenvalue weighted by Crippen LogP contribution is 2.32. The van der Waals surface area contributed by atoms with Crippen molar-refractivity contribution in [3.63, 3.8) is 0 Å². The highest BCUT2D eigenvalue weighted by molar-refractivity contribution is 5.94. The van der Waals surface area contributed by atoms with Crippen LogP contribution >= 0.6 is 0 Å². The number of amides is 1. The summed E-state index contributed by atoms with van der Waals surface area (Å²) in [5, 5.41) is 0. The van der Waals surface area contributed by atoms with E-state index in [4.69, 9.17) is 0 Å². The summed E-state index contributed by atoms with van der Waals surface area (Å²) >= 11 is 0. The van der Waals surface area contributed by atoms with Gasteiger partial charge in [-0.05, 0) is 24.0 Å². The molecule has 2 aliphatic heterocycles. The lowest BCUT2D eigenvalue weighted by atomic mass is 10.0. The topological polar surface area (TPSA) is 41.4 Å². The predicted octanol–water partition coefficient (Wildman–Crippen LogP) is 1.62. The van der Waals surface area contributed by atoms with Crippen LogP contribution in [0.15, 0.2) is 42.7 Å². The second-order valence-electron chi connectivity index (χ2n) is 6.74. The summed E-state index contributed by atoms with van der Waals surface area (Å²) in [5.41, 5.74) is 0.803. The lowest BCUT2D eigenvalue weighted by molar-refractivity contribution is 0.0773. The molecular formula is C18H22N4O. The average Bonchev–Trinajstić information content (AvgIpc) is 3.23. The van der Waals surface area contributed by atoms with Gasteiger partial charge >= 0.3 is 0 Å². The molecule has 23 heavy (non-hydrogen) atoms. The average molecular weight is 310 g/mol. The van der Waals surface area contributed by atoms with E-state index in [9.17, 15) is 4.79 Å². The van der Waals surface area contributed by atoms with Crippen LogP contribution in [0.2, 0.25) is 0 Å². The number of carbonyl (C=O) groups is 1. The van der Waals surface area contributed by atoms with Crippen LogP contribution in [-0.4, -0.2) is 51.4 Å². The molecule has 2 atom stereocenters. The summed E-state index contributed by atoms with van der Waals surface area (Å²) in [7, 11) is 2.04. The van der Waals surface area contributed by atoms with Gasteiger partial charge in [0.1, 0.15) is 5.82 Å². The first-order valence-electron chi connectivity index (χ1n) is 8.23. The normalized spacial score (nSPS) is 24.1. The molecule has 0 N–H and O–H groups in total. The highest BCUT2D eigenvalue weighted by atomic mass is 16.2. The minimum Gasteiger partial charge on any atom is -0.338 e. The quantitative estimate of drug-likeness (QED) is 0.865. The molecule has 0 aliphatic carbocycles. The minimum atomic E-state index is 0.177. The van der Waals surface area contributed by atoms with E-state index >= 15 is 0 Å².